The van der Waals surface area contributed by atoms with Gasteiger partial charge >= 0.3 is 0 Å². The first-order chi connectivity index (χ1) is 8.99. The molecular weight excluding hydrogens is 243 g/mol. The van der Waals surface area contributed by atoms with Gasteiger partial charge in [0.2, 0.25) is 0 Å². The molecule has 0 bridgehead atoms. The number of anilines is 1. The molecule has 1 fully saturated rings. The Morgan fingerprint density at radius 2 is 1.74 bits per heavy atom. The molecular formula is C15H23FN2O. The van der Waals surface area contributed by atoms with Crippen LogP contribution in [0.4, 0.5) is 10.1 Å². The van der Waals surface area contributed by atoms with Crippen LogP contribution >= 0.6 is 0 Å². The Morgan fingerprint density at radius 3 is 2.26 bits per heavy atom. The molecule has 1 aliphatic rings. The van der Waals surface area contributed by atoms with Crippen LogP contribution in [0.25, 0.3) is 0 Å². The van der Waals surface area contributed by atoms with Crippen molar-refractivity contribution >= 4 is 5.69 Å². The van der Waals surface area contributed by atoms with E-state index in [2.05, 4.69) is 23.6 Å². The van der Waals surface area contributed by atoms with Crippen molar-refractivity contribution in [2.75, 3.05) is 31.1 Å². The molecule has 0 saturated carbocycles. The summed E-state index contributed by atoms with van der Waals surface area (Å²) in [4.78, 5) is 4.67. The summed E-state index contributed by atoms with van der Waals surface area (Å²) in [7, 11) is 0. The van der Waals surface area contributed by atoms with Crippen molar-refractivity contribution in [3.63, 3.8) is 0 Å². The van der Waals surface area contributed by atoms with E-state index in [1.807, 2.05) is 0 Å². The number of hydrogen-bond donors (Lipinski definition) is 1. The van der Waals surface area contributed by atoms with Gasteiger partial charge in [-0.1, -0.05) is 0 Å². The Balaban J connectivity index is 2.15. The Hall–Kier alpha value is -1.13. The molecule has 1 heterocycles. The lowest BCUT2D eigenvalue weighted by Gasteiger charge is -2.39. The van der Waals surface area contributed by atoms with E-state index in [9.17, 15) is 9.50 Å². The minimum absolute atomic E-state index is 0.291. The number of benzene rings is 1. The van der Waals surface area contributed by atoms with E-state index in [4.69, 9.17) is 0 Å². The summed E-state index contributed by atoms with van der Waals surface area (Å²) in [6, 6.07) is 5.25. The number of halogens is 1. The van der Waals surface area contributed by atoms with Crippen LogP contribution in [-0.2, 0) is 0 Å². The summed E-state index contributed by atoms with van der Waals surface area (Å²) in [6.45, 7) is 9.95. The van der Waals surface area contributed by atoms with Gasteiger partial charge in [-0.3, -0.25) is 4.90 Å². The van der Waals surface area contributed by atoms with Gasteiger partial charge in [-0.25, -0.2) is 4.39 Å². The van der Waals surface area contributed by atoms with Crippen LogP contribution in [0.5, 0.6) is 0 Å². The van der Waals surface area contributed by atoms with Crippen LogP contribution in [-0.4, -0.2) is 42.2 Å². The predicted molar refractivity (Wildman–Crippen MR) is 76.0 cm³/mol. The minimum atomic E-state index is -0.645. The van der Waals surface area contributed by atoms with Gasteiger partial charge < -0.3 is 10.0 Å². The molecule has 2 rings (SSSR count). The van der Waals surface area contributed by atoms with Crippen LogP contribution < -0.4 is 4.90 Å². The molecule has 1 saturated heterocycles. The maximum absolute atomic E-state index is 13.3. The quantitative estimate of drug-likeness (QED) is 0.910. The summed E-state index contributed by atoms with van der Waals surface area (Å²) in [5, 5.41) is 9.80. The summed E-state index contributed by atoms with van der Waals surface area (Å²) in [5.74, 6) is -0.291. The molecule has 0 aromatic heterocycles. The van der Waals surface area contributed by atoms with Crippen LogP contribution in [0.15, 0.2) is 18.2 Å². The van der Waals surface area contributed by atoms with E-state index in [0.29, 0.717) is 11.6 Å². The molecule has 19 heavy (non-hydrogen) atoms. The number of hydrogen-bond acceptors (Lipinski definition) is 3. The van der Waals surface area contributed by atoms with Gasteiger partial charge in [-0.05, 0) is 39.0 Å². The molecule has 1 N–H and O–H groups in total. The zero-order valence-electron chi connectivity index (χ0n) is 11.9. The molecule has 0 unspecified atom stereocenters. The fourth-order valence-corrected chi connectivity index (χ4v) is 2.63. The first-order valence-electron chi connectivity index (χ1n) is 6.95. The van der Waals surface area contributed by atoms with Crippen molar-refractivity contribution in [1.82, 2.24) is 4.90 Å². The zero-order chi connectivity index (χ0) is 14.0. The lowest BCUT2D eigenvalue weighted by Crippen LogP contribution is -2.49. The molecule has 0 radical (unpaired) electrons. The van der Waals surface area contributed by atoms with Gasteiger partial charge in [0.15, 0.2) is 0 Å². The maximum atomic E-state index is 13.3. The van der Waals surface area contributed by atoms with E-state index >= 15 is 0 Å². The summed E-state index contributed by atoms with van der Waals surface area (Å²) < 4.78 is 13.3. The molecule has 106 valence electrons. The Morgan fingerprint density at radius 1 is 1.11 bits per heavy atom. The molecule has 0 aliphatic carbocycles. The second kappa shape index (κ2) is 5.88. The first-order valence-corrected chi connectivity index (χ1v) is 6.95. The molecule has 4 heteroatoms. The normalized spacial score (nSPS) is 18.9. The third-order valence-corrected chi connectivity index (χ3v) is 3.82. The smallest absolute Gasteiger partial charge is 0.123 e. The Labute approximate surface area is 114 Å². The van der Waals surface area contributed by atoms with Crippen molar-refractivity contribution < 1.29 is 9.50 Å². The average molecular weight is 266 g/mol. The Kier molecular flexibility index (Phi) is 4.42. The fourth-order valence-electron chi connectivity index (χ4n) is 2.63. The number of nitrogens with zero attached hydrogens (tertiary/aromatic N) is 2. The number of aliphatic hydroxyl groups is 1. The van der Waals surface area contributed by atoms with Gasteiger partial charge in [0.1, 0.15) is 5.82 Å². The van der Waals surface area contributed by atoms with E-state index in [1.54, 1.807) is 13.0 Å². The first kappa shape index (κ1) is 14.3. The van der Waals surface area contributed by atoms with E-state index in [1.165, 1.54) is 12.1 Å². The average Bonchev–Trinajstić information content (AvgIpc) is 2.38. The van der Waals surface area contributed by atoms with Crippen molar-refractivity contribution in [3.05, 3.63) is 29.6 Å². The lowest BCUT2D eigenvalue weighted by atomic mass is 10.1. The second-order valence-corrected chi connectivity index (χ2v) is 5.50. The molecule has 0 amide bonds. The third kappa shape index (κ3) is 3.25. The second-order valence-electron chi connectivity index (χ2n) is 5.50. The van der Waals surface area contributed by atoms with Gasteiger partial charge in [-0.2, -0.15) is 0 Å². The molecule has 1 atom stereocenters. The largest absolute Gasteiger partial charge is 0.389 e. The van der Waals surface area contributed by atoms with Crippen molar-refractivity contribution in [3.8, 4) is 0 Å². The van der Waals surface area contributed by atoms with Crippen molar-refractivity contribution in [1.29, 1.82) is 0 Å². The topological polar surface area (TPSA) is 26.7 Å². The van der Waals surface area contributed by atoms with Crippen LogP contribution in [0.2, 0.25) is 0 Å². The van der Waals surface area contributed by atoms with Gasteiger partial charge in [0.25, 0.3) is 0 Å². The number of rotatable bonds is 3. The molecule has 1 aliphatic heterocycles. The van der Waals surface area contributed by atoms with Crippen molar-refractivity contribution in [2.24, 2.45) is 0 Å². The highest BCUT2D eigenvalue weighted by molar-refractivity contribution is 5.55. The highest BCUT2D eigenvalue weighted by atomic mass is 19.1. The highest BCUT2D eigenvalue weighted by Crippen LogP contribution is 2.28. The standard InChI is InChI=1S/C15H23FN2O/c1-11(2)17-6-8-18(9-7-17)15-5-4-13(16)10-14(15)12(3)19/h4-5,10-12,19H,6-9H2,1-3H3/t12-/m0/s1. The predicted octanol–water partition coefficient (Wildman–Crippen LogP) is 2.41. The minimum Gasteiger partial charge on any atom is -0.389 e. The van der Waals surface area contributed by atoms with Crippen LogP contribution in [0.1, 0.15) is 32.4 Å². The van der Waals surface area contributed by atoms with E-state index < -0.39 is 6.10 Å². The van der Waals surface area contributed by atoms with Crippen LogP contribution in [0, 0.1) is 5.82 Å². The SMILES string of the molecule is CC(C)N1CCN(c2ccc(F)cc2[C@H](C)O)CC1. The van der Waals surface area contributed by atoms with Gasteiger partial charge in [0, 0.05) is 43.5 Å². The summed E-state index contributed by atoms with van der Waals surface area (Å²) >= 11 is 0. The Bertz CT molecular complexity index is 426. The molecule has 0 spiro atoms. The fraction of sp³-hybridized carbons (Fsp3) is 0.600. The van der Waals surface area contributed by atoms with Gasteiger partial charge in [-0.15, -0.1) is 0 Å². The summed E-state index contributed by atoms with van der Waals surface area (Å²) in [5.41, 5.74) is 1.64. The molecule has 1 aromatic rings. The van der Waals surface area contributed by atoms with Crippen LogP contribution in [0.3, 0.4) is 0 Å². The van der Waals surface area contributed by atoms with E-state index in [0.717, 1.165) is 31.9 Å². The van der Waals surface area contributed by atoms with E-state index in [-0.39, 0.29) is 5.82 Å². The van der Waals surface area contributed by atoms with Crippen molar-refractivity contribution in [2.45, 2.75) is 32.9 Å². The molecule has 1 aromatic carbocycles. The molecule has 3 nitrogen and oxygen atoms in total. The highest BCUT2D eigenvalue weighted by Gasteiger charge is 2.21. The van der Waals surface area contributed by atoms with Gasteiger partial charge in [0.05, 0.1) is 6.10 Å². The monoisotopic (exact) mass is 266 g/mol. The lowest BCUT2D eigenvalue weighted by molar-refractivity contribution is 0.195. The summed E-state index contributed by atoms with van der Waals surface area (Å²) in [6.07, 6.45) is -0.645. The number of piperazine rings is 1. The zero-order valence-corrected chi connectivity index (χ0v) is 11.9. The number of aliphatic hydroxyl groups excluding tert-OH is 1. The third-order valence-electron chi connectivity index (χ3n) is 3.82. The maximum Gasteiger partial charge on any atom is 0.123 e.